The fourth-order valence-electron chi connectivity index (χ4n) is 3.74. The molecule has 2 N–H and O–H groups in total. The number of aryl methyl sites for hydroxylation is 1. The van der Waals surface area contributed by atoms with E-state index < -0.39 is 0 Å². The molecule has 0 unspecified atom stereocenters. The van der Waals surface area contributed by atoms with Crippen LogP contribution in [0.3, 0.4) is 0 Å². The number of nitrogens with one attached hydrogen (secondary N) is 2. The zero-order valence-electron chi connectivity index (χ0n) is 13.4. The summed E-state index contributed by atoms with van der Waals surface area (Å²) in [5, 5.41) is 4.83. The minimum absolute atomic E-state index is 0.563. The van der Waals surface area contributed by atoms with Gasteiger partial charge in [0.15, 0.2) is 0 Å². The van der Waals surface area contributed by atoms with Gasteiger partial charge < -0.3 is 15.2 Å². The maximum Gasteiger partial charge on any atom is 0.229 e. The van der Waals surface area contributed by atoms with E-state index in [1.54, 1.807) is 0 Å². The predicted molar refractivity (Wildman–Crippen MR) is 90.6 cm³/mol. The normalized spacial score (nSPS) is 20.0. The molecular formula is C17H25N5. The first-order valence-corrected chi connectivity index (χ1v) is 8.68. The predicted octanol–water partition coefficient (Wildman–Crippen LogP) is 3.61. The van der Waals surface area contributed by atoms with Crippen LogP contribution in [0, 0.1) is 6.92 Å². The Morgan fingerprint density at radius 3 is 2.64 bits per heavy atom. The Morgan fingerprint density at radius 2 is 1.86 bits per heavy atom. The molecule has 2 aromatic heterocycles. The Labute approximate surface area is 131 Å². The van der Waals surface area contributed by atoms with Crippen molar-refractivity contribution in [2.75, 3.05) is 23.3 Å². The third-order valence-electron chi connectivity index (χ3n) is 4.95. The molecule has 0 aromatic carbocycles. The summed E-state index contributed by atoms with van der Waals surface area (Å²) in [4.78, 5) is 15.3. The van der Waals surface area contributed by atoms with Crippen molar-refractivity contribution in [1.29, 1.82) is 0 Å². The summed E-state index contributed by atoms with van der Waals surface area (Å²) < 4.78 is 0. The van der Waals surface area contributed by atoms with Crippen LogP contribution in [-0.4, -0.2) is 34.1 Å². The summed E-state index contributed by atoms with van der Waals surface area (Å²) in [5.74, 6) is 1.90. The van der Waals surface area contributed by atoms with Gasteiger partial charge in [0.1, 0.15) is 11.5 Å². The molecule has 1 saturated carbocycles. The van der Waals surface area contributed by atoms with Crippen molar-refractivity contribution < 1.29 is 0 Å². The average molecular weight is 299 g/mol. The van der Waals surface area contributed by atoms with E-state index in [0.717, 1.165) is 41.6 Å². The Balaban J connectivity index is 1.69. The molecule has 0 spiro atoms. The molecule has 2 aromatic rings. The quantitative estimate of drug-likeness (QED) is 0.909. The second-order valence-electron chi connectivity index (χ2n) is 6.76. The fraction of sp³-hybridized carbons (Fsp3) is 0.647. The molecule has 1 aliphatic carbocycles. The minimum Gasteiger partial charge on any atom is -0.367 e. The number of hydrogen-bond donors (Lipinski definition) is 2. The van der Waals surface area contributed by atoms with E-state index in [1.165, 1.54) is 44.9 Å². The lowest BCUT2D eigenvalue weighted by molar-refractivity contribution is 0.462. The van der Waals surface area contributed by atoms with E-state index in [0.29, 0.717) is 6.04 Å². The Hall–Kier alpha value is -1.78. The lowest BCUT2D eigenvalue weighted by Crippen LogP contribution is -2.25. The van der Waals surface area contributed by atoms with Crippen molar-refractivity contribution in [2.24, 2.45) is 0 Å². The van der Waals surface area contributed by atoms with Crippen molar-refractivity contribution in [2.45, 2.75) is 57.9 Å². The minimum atomic E-state index is 0.563. The van der Waals surface area contributed by atoms with Gasteiger partial charge in [0.2, 0.25) is 5.95 Å². The highest BCUT2D eigenvalue weighted by Crippen LogP contribution is 2.28. The van der Waals surface area contributed by atoms with Crippen LogP contribution in [0.4, 0.5) is 11.8 Å². The molecule has 2 fully saturated rings. The van der Waals surface area contributed by atoms with Gasteiger partial charge in [-0.25, -0.2) is 0 Å². The first-order chi connectivity index (χ1) is 10.8. The largest absolute Gasteiger partial charge is 0.367 e. The molecule has 22 heavy (non-hydrogen) atoms. The van der Waals surface area contributed by atoms with Crippen molar-refractivity contribution >= 4 is 22.8 Å². The second-order valence-corrected chi connectivity index (χ2v) is 6.76. The summed E-state index contributed by atoms with van der Waals surface area (Å²) in [6.07, 6.45) is 9.04. The number of hydrogen-bond acceptors (Lipinski definition) is 4. The molecule has 0 atom stereocenters. The fourth-order valence-corrected chi connectivity index (χ4v) is 3.74. The Morgan fingerprint density at radius 1 is 1.09 bits per heavy atom. The molecule has 3 heterocycles. The number of fused-ring (bicyclic) bond motifs is 1. The summed E-state index contributed by atoms with van der Waals surface area (Å²) in [7, 11) is 0. The van der Waals surface area contributed by atoms with E-state index in [2.05, 4.69) is 28.2 Å². The van der Waals surface area contributed by atoms with E-state index >= 15 is 0 Å². The topological polar surface area (TPSA) is 56.8 Å². The first-order valence-electron chi connectivity index (χ1n) is 8.68. The van der Waals surface area contributed by atoms with Gasteiger partial charge in [-0.3, -0.25) is 0 Å². The van der Waals surface area contributed by atoms with Gasteiger partial charge >= 0.3 is 0 Å². The highest BCUT2D eigenvalue weighted by molar-refractivity contribution is 5.89. The van der Waals surface area contributed by atoms with Crippen molar-refractivity contribution in [3.63, 3.8) is 0 Å². The van der Waals surface area contributed by atoms with Gasteiger partial charge in [0.25, 0.3) is 0 Å². The van der Waals surface area contributed by atoms with Crippen LogP contribution in [0.5, 0.6) is 0 Å². The van der Waals surface area contributed by atoms with Crippen molar-refractivity contribution in [3.8, 4) is 0 Å². The monoisotopic (exact) mass is 299 g/mol. The average Bonchev–Trinajstić information content (AvgIpc) is 3.16. The first kappa shape index (κ1) is 13.9. The van der Waals surface area contributed by atoms with Gasteiger partial charge in [0.05, 0.1) is 5.39 Å². The SMILES string of the molecule is Cc1cc2c(NC3CCCCC3)nc(N3CCCC3)nc2[nH]1. The van der Waals surface area contributed by atoms with E-state index in [-0.39, 0.29) is 0 Å². The highest BCUT2D eigenvalue weighted by Gasteiger charge is 2.20. The number of aromatic nitrogens is 3. The molecule has 0 radical (unpaired) electrons. The van der Waals surface area contributed by atoms with Gasteiger partial charge in [-0.05, 0) is 38.7 Å². The van der Waals surface area contributed by atoms with Crippen LogP contribution >= 0.6 is 0 Å². The summed E-state index contributed by atoms with van der Waals surface area (Å²) in [6.45, 7) is 4.24. The smallest absolute Gasteiger partial charge is 0.229 e. The lowest BCUT2D eigenvalue weighted by Gasteiger charge is -2.24. The number of anilines is 2. The van der Waals surface area contributed by atoms with E-state index in [1.807, 2.05) is 0 Å². The summed E-state index contributed by atoms with van der Waals surface area (Å²) in [5.41, 5.74) is 2.11. The van der Waals surface area contributed by atoms with Crippen LogP contribution < -0.4 is 10.2 Å². The van der Waals surface area contributed by atoms with Gasteiger partial charge in [0, 0.05) is 24.8 Å². The maximum atomic E-state index is 4.87. The zero-order valence-corrected chi connectivity index (χ0v) is 13.4. The molecule has 1 saturated heterocycles. The lowest BCUT2D eigenvalue weighted by atomic mass is 9.95. The molecule has 0 amide bonds. The molecule has 2 aliphatic rings. The van der Waals surface area contributed by atoms with Gasteiger partial charge in [-0.15, -0.1) is 0 Å². The van der Waals surface area contributed by atoms with E-state index in [9.17, 15) is 0 Å². The van der Waals surface area contributed by atoms with E-state index in [4.69, 9.17) is 9.97 Å². The second kappa shape index (κ2) is 5.78. The van der Waals surface area contributed by atoms with Crippen molar-refractivity contribution in [1.82, 2.24) is 15.0 Å². The Kier molecular flexibility index (Phi) is 3.64. The molecule has 5 nitrogen and oxygen atoms in total. The highest BCUT2D eigenvalue weighted by atomic mass is 15.3. The number of H-pyrrole nitrogens is 1. The van der Waals surface area contributed by atoms with Crippen molar-refractivity contribution in [3.05, 3.63) is 11.8 Å². The number of aromatic amines is 1. The summed E-state index contributed by atoms with van der Waals surface area (Å²) in [6, 6.07) is 2.72. The van der Waals surface area contributed by atoms with Gasteiger partial charge in [-0.2, -0.15) is 9.97 Å². The summed E-state index contributed by atoms with van der Waals surface area (Å²) >= 11 is 0. The standard InChI is InChI=1S/C17H25N5/c1-12-11-14-15(18-12)20-17(22-9-5-6-10-22)21-16(14)19-13-7-3-2-4-8-13/h11,13H,2-10H2,1H3,(H2,18,19,20,21). The van der Waals surface area contributed by atoms with Crippen LogP contribution in [0.1, 0.15) is 50.6 Å². The maximum absolute atomic E-state index is 4.87. The molecule has 118 valence electrons. The molecule has 4 rings (SSSR count). The van der Waals surface area contributed by atoms with Crippen LogP contribution in [0.15, 0.2) is 6.07 Å². The Bertz CT molecular complexity index is 650. The molecule has 1 aliphatic heterocycles. The molecule has 5 heteroatoms. The molecule has 0 bridgehead atoms. The number of nitrogens with zero attached hydrogens (tertiary/aromatic N) is 3. The van der Waals surface area contributed by atoms with Crippen LogP contribution in [0.25, 0.3) is 11.0 Å². The van der Waals surface area contributed by atoms with Gasteiger partial charge in [-0.1, -0.05) is 19.3 Å². The third-order valence-corrected chi connectivity index (χ3v) is 4.95. The van der Waals surface area contributed by atoms with Crippen LogP contribution in [0.2, 0.25) is 0 Å². The van der Waals surface area contributed by atoms with Crippen LogP contribution in [-0.2, 0) is 0 Å². The molecular weight excluding hydrogens is 274 g/mol. The zero-order chi connectivity index (χ0) is 14.9. The third kappa shape index (κ3) is 2.64. The number of rotatable bonds is 3.